The van der Waals surface area contributed by atoms with Gasteiger partial charge in [0.2, 0.25) is 5.91 Å². The number of fused-ring (bicyclic) bond motifs is 5. The van der Waals surface area contributed by atoms with Crippen LogP contribution in [0, 0.1) is 0 Å². The van der Waals surface area contributed by atoms with E-state index >= 15 is 4.39 Å². The van der Waals surface area contributed by atoms with Gasteiger partial charge in [0.25, 0.3) is 0 Å². The smallest absolute Gasteiger partial charge is 0.335 e. The van der Waals surface area contributed by atoms with Gasteiger partial charge in [0.05, 0.1) is 17.8 Å². The van der Waals surface area contributed by atoms with E-state index in [0.717, 1.165) is 58.1 Å². The number of benzene rings is 2. The molecular weight excluding hydrogens is 547 g/mol. The van der Waals surface area contributed by atoms with E-state index in [0.29, 0.717) is 38.4 Å². The number of pyridine rings is 1. The van der Waals surface area contributed by atoms with E-state index in [9.17, 15) is 14.7 Å². The first-order valence-corrected chi connectivity index (χ1v) is 14.9. The topological polar surface area (TPSA) is 87.9 Å². The van der Waals surface area contributed by atoms with E-state index < -0.39 is 12.1 Å². The number of ether oxygens (including phenoxy) is 1. The average Bonchev–Trinajstić information content (AvgIpc) is 3.29. The van der Waals surface area contributed by atoms with E-state index in [-0.39, 0.29) is 23.9 Å². The lowest BCUT2D eigenvalue weighted by molar-refractivity contribution is -0.132. The molecule has 6 rings (SSSR count). The quantitative estimate of drug-likeness (QED) is 0.292. The second-order valence-electron chi connectivity index (χ2n) is 11.9. The van der Waals surface area contributed by atoms with Crippen LogP contribution in [0.2, 0.25) is 0 Å². The number of likely N-dealkylation sites (N-methyl/N-ethyl adjacent to an activating group) is 1. The summed E-state index contributed by atoms with van der Waals surface area (Å²) >= 11 is 0. The van der Waals surface area contributed by atoms with Crippen LogP contribution in [0.5, 0.6) is 5.75 Å². The van der Waals surface area contributed by atoms with Crippen molar-refractivity contribution >= 4 is 22.8 Å². The number of nitrogens with zero attached hydrogens (tertiary/aromatic N) is 4. The van der Waals surface area contributed by atoms with Crippen molar-refractivity contribution < 1.29 is 23.8 Å². The Hall–Kier alpha value is -4.24. The zero-order valence-corrected chi connectivity index (χ0v) is 24.6. The van der Waals surface area contributed by atoms with Crippen LogP contribution in [-0.4, -0.2) is 69.7 Å². The second kappa shape index (κ2) is 12.2. The summed E-state index contributed by atoms with van der Waals surface area (Å²) in [4.78, 5) is 33.3. The number of rotatable bonds is 7. The Morgan fingerprint density at radius 3 is 2.67 bits per heavy atom. The number of carbonyl (C=O) groups is 2. The fourth-order valence-electron chi connectivity index (χ4n) is 6.58. The molecule has 1 N–H and O–H groups in total. The zero-order chi connectivity index (χ0) is 30.1. The number of aromatic carboxylic acids is 1. The number of hydrogen-bond acceptors (Lipinski definition) is 5. The highest BCUT2D eigenvalue weighted by molar-refractivity contribution is 5.98. The Bertz CT molecular complexity index is 1650. The number of amides is 1. The summed E-state index contributed by atoms with van der Waals surface area (Å²) in [5.74, 6) is -0.630. The third-order valence-corrected chi connectivity index (χ3v) is 8.62. The third kappa shape index (κ3) is 5.86. The molecule has 0 bridgehead atoms. The van der Waals surface area contributed by atoms with E-state index in [1.807, 2.05) is 60.3 Å². The van der Waals surface area contributed by atoms with Crippen molar-refractivity contribution in [3.8, 4) is 17.0 Å². The second-order valence-corrected chi connectivity index (χ2v) is 11.9. The molecule has 1 fully saturated rings. The molecule has 224 valence electrons. The SMILES string of the molecule is CN(C)CC(=O)N1CCn2c(c([C@H]3CCCC[C@@H]3F)c3ccc(C(=O)O)cc32)-c2ccc(OCc3cccnc3)cc2C1. The first kappa shape index (κ1) is 28.9. The molecule has 2 aliphatic rings. The molecule has 2 aromatic heterocycles. The molecule has 0 radical (unpaired) electrons. The number of carboxylic acid groups (broad SMARTS) is 1. The molecule has 0 saturated heterocycles. The molecule has 1 saturated carbocycles. The number of alkyl halides is 1. The largest absolute Gasteiger partial charge is 0.489 e. The normalized spacial score (nSPS) is 18.6. The standard InChI is InChI=1S/C34H37FN4O4/c1-37(2)20-31(40)38-14-15-39-30-17-23(34(41)42)9-11-28(30)32(27-7-3-4-8-29(27)35)33(39)26-12-10-25(16-24(26)19-38)43-21-22-6-5-13-36-18-22/h5-6,9-13,16-18,27,29H,3-4,7-8,14-15,19-21H2,1-2H3,(H,41,42)/t27-,29-/m0/s1. The molecule has 1 aliphatic heterocycles. The highest BCUT2D eigenvalue weighted by atomic mass is 19.1. The van der Waals surface area contributed by atoms with Gasteiger partial charge < -0.3 is 24.2 Å². The fraction of sp³-hybridized carbons (Fsp3) is 0.382. The minimum Gasteiger partial charge on any atom is -0.489 e. The Kier molecular flexibility index (Phi) is 8.17. The Balaban J connectivity index is 1.53. The van der Waals surface area contributed by atoms with Crippen molar-refractivity contribution in [2.24, 2.45) is 0 Å². The Labute approximate surface area is 250 Å². The molecule has 2 aromatic carbocycles. The van der Waals surface area contributed by atoms with Crippen molar-refractivity contribution in [3.05, 3.63) is 83.2 Å². The number of carboxylic acids is 1. The van der Waals surface area contributed by atoms with Crippen molar-refractivity contribution in [2.45, 2.75) is 57.5 Å². The number of halogens is 1. The molecule has 0 spiro atoms. The predicted molar refractivity (Wildman–Crippen MR) is 163 cm³/mol. The number of carbonyl (C=O) groups excluding carboxylic acids is 1. The number of hydrogen-bond donors (Lipinski definition) is 1. The van der Waals surface area contributed by atoms with E-state index in [2.05, 4.69) is 9.55 Å². The lowest BCUT2D eigenvalue weighted by Gasteiger charge is -2.31. The first-order valence-electron chi connectivity index (χ1n) is 14.9. The minimum atomic E-state index is -1.01. The van der Waals surface area contributed by atoms with Crippen molar-refractivity contribution in [1.29, 1.82) is 0 Å². The van der Waals surface area contributed by atoms with Gasteiger partial charge in [0.15, 0.2) is 0 Å². The van der Waals surface area contributed by atoms with Gasteiger partial charge in [-0.2, -0.15) is 0 Å². The van der Waals surface area contributed by atoms with Gasteiger partial charge in [-0.3, -0.25) is 9.78 Å². The van der Waals surface area contributed by atoms with Crippen molar-refractivity contribution in [3.63, 3.8) is 0 Å². The minimum absolute atomic E-state index is 0.0000873. The molecule has 1 amide bonds. The molecule has 43 heavy (non-hydrogen) atoms. The molecule has 4 aromatic rings. The van der Waals surface area contributed by atoms with Crippen LogP contribution in [0.15, 0.2) is 60.9 Å². The fourth-order valence-corrected chi connectivity index (χ4v) is 6.58. The van der Waals surface area contributed by atoms with Gasteiger partial charge in [-0.1, -0.05) is 25.0 Å². The molecule has 3 heterocycles. The highest BCUT2D eigenvalue weighted by Gasteiger charge is 2.34. The Morgan fingerprint density at radius 1 is 1.09 bits per heavy atom. The summed E-state index contributed by atoms with van der Waals surface area (Å²) < 4.78 is 24.0. The monoisotopic (exact) mass is 584 g/mol. The Morgan fingerprint density at radius 2 is 1.93 bits per heavy atom. The van der Waals surface area contributed by atoms with Gasteiger partial charge in [-0.15, -0.1) is 0 Å². The summed E-state index contributed by atoms with van der Waals surface area (Å²) in [6, 6.07) is 14.9. The van der Waals surface area contributed by atoms with Gasteiger partial charge in [-0.05, 0) is 74.5 Å². The third-order valence-electron chi connectivity index (χ3n) is 8.62. The summed E-state index contributed by atoms with van der Waals surface area (Å²) in [5.41, 5.74) is 5.56. The summed E-state index contributed by atoms with van der Waals surface area (Å²) in [5, 5.41) is 10.7. The lowest BCUT2D eigenvalue weighted by atomic mass is 9.80. The van der Waals surface area contributed by atoms with Crippen LogP contribution in [0.1, 0.15) is 58.6 Å². The van der Waals surface area contributed by atoms with E-state index in [1.54, 1.807) is 24.5 Å². The predicted octanol–water partition coefficient (Wildman–Crippen LogP) is 5.88. The van der Waals surface area contributed by atoms with Crippen LogP contribution in [-0.2, 0) is 24.5 Å². The van der Waals surface area contributed by atoms with Gasteiger partial charge in [-0.25, -0.2) is 9.18 Å². The van der Waals surface area contributed by atoms with Gasteiger partial charge >= 0.3 is 5.97 Å². The van der Waals surface area contributed by atoms with Gasteiger partial charge in [0, 0.05) is 60.0 Å². The molecule has 1 aliphatic carbocycles. The van der Waals surface area contributed by atoms with E-state index in [4.69, 9.17) is 4.74 Å². The van der Waals surface area contributed by atoms with Crippen molar-refractivity contribution in [1.82, 2.24) is 19.4 Å². The molecule has 9 heteroatoms. The maximum atomic E-state index is 15.7. The van der Waals surface area contributed by atoms with Crippen LogP contribution in [0.4, 0.5) is 4.39 Å². The molecule has 0 unspecified atom stereocenters. The lowest BCUT2D eigenvalue weighted by Crippen LogP contribution is -2.40. The molecular formula is C34H37FN4O4. The van der Waals surface area contributed by atoms with Gasteiger partial charge in [0.1, 0.15) is 18.5 Å². The highest BCUT2D eigenvalue weighted by Crippen LogP contribution is 2.47. The van der Waals surface area contributed by atoms with Crippen LogP contribution < -0.4 is 4.74 Å². The van der Waals surface area contributed by atoms with Crippen LogP contribution >= 0.6 is 0 Å². The molecule has 8 nitrogen and oxygen atoms in total. The van der Waals surface area contributed by atoms with Crippen LogP contribution in [0.25, 0.3) is 22.2 Å². The maximum Gasteiger partial charge on any atom is 0.335 e. The first-order chi connectivity index (χ1) is 20.8. The molecule has 2 atom stereocenters. The van der Waals surface area contributed by atoms with Crippen molar-refractivity contribution in [2.75, 3.05) is 27.2 Å². The zero-order valence-electron chi connectivity index (χ0n) is 24.6. The summed E-state index contributed by atoms with van der Waals surface area (Å²) in [6.07, 6.45) is 5.59. The average molecular weight is 585 g/mol. The maximum absolute atomic E-state index is 15.7. The number of aromatic nitrogens is 2. The van der Waals surface area contributed by atoms with E-state index in [1.165, 1.54) is 0 Å². The summed E-state index contributed by atoms with van der Waals surface area (Å²) in [6.45, 7) is 1.91. The van der Waals surface area contributed by atoms with Crippen LogP contribution in [0.3, 0.4) is 0 Å². The summed E-state index contributed by atoms with van der Waals surface area (Å²) in [7, 11) is 3.74.